The maximum Gasteiger partial charge on any atom is -0.00213 e. The number of nitrogens with zero attached hydrogens (tertiary/aromatic N) is 1. The lowest BCUT2D eigenvalue weighted by molar-refractivity contribution is 0.418. The van der Waals surface area contributed by atoms with Gasteiger partial charge in [0.2, 0.25) is 0 Å². The minimum atomic E-state index is 1.32. The third kappa shape index (κ3) is 12.6. The van der Waals surface area contributed by atoms with Crippen LogP contribution in [0.5, 0.6) is 0 Å². The fraction of sp³-hybridized carbons (Fsp3) is 1.00. The molecule has 0 bridgehead atoms. The van der Waals surface area contributed by atoms with E-state index >= 15 is 0 Å². The molecule has 0 amide bonds. The quantitative estimate of drug-likeness (QED) is 0.586. The first-order chi connectivity index (χ1) is 5.81. The maximum absolute atomic E-state index is 2.36. The molecule has 0 radical (unpaired) electrons. The van der Waals surface area contributed by atoms with Gasteiger partial charge in [0.1, 0.15) is 0 Å². The van der Waals surface area contributed by atoms with Gasteiger partial charge in [-0.25, -0.2) is 0 Å². The molecule has 1 aliphatic heterocycles. The molecule has 0 aromatic carbocycles. The van der Waals surface area contributed by atoms with Crippen molar-refractivity contribution in [1.29, 1.82) is 0 Å². The Morgan fingerprint density at radius 3 is 1.33 bits per heavy atom. The fourth-order valence-electron chi connectivity index (χ4n) is 0.875. The number of hydrogen-bond donors (Lipinski definition) is 0. The molecule has 1 heterocycles. The van der Waals surface area contributed by atoms with Crippen LogP contribution in [0.25, 0.3) is 0 Å². The zero-order valence-electron chi connectivity index (χ0n) is 9.69. The highest BCUT2D eigenvalue weighted by atomic mass is 15.1. The smallest absolute Gasteiger partial charge is 0.00213 e. The van der Waals surface area contributed by atoms with E-state index in [1.807, 2.05) is 13.8 Å². The molecule has 0 N–H and O–H groups in total. The van der Waals surface area contributed by atoms with Gasteiger partial charge < -0.3 is 4.90 Å². The van der Waals surface area contributed by atoms with E-state index in [9.17, 15) is 0 Å². The van der Waals surface area contributed by atoms with Gasteiger partial charge in [0, 0.05) is 0 Å². The molecule has 1 nitrogen and oxygen atoms in total. The minimum Gasteiger partial charge on any atom is -0.306 e. The van der Waals surface area contributed by atoms with Gasteiger partial charge in [-0.1, -0.05) is 40.5 Å². The summed E-state index contributed by atoms with van der Waals surface area (Å²) >= 11 is 0. The van der Waals surface area contributed by atoms with Crippen molar-refractivity contribution < 1.29 is 0 Å². The summed E-state index contributed by atoms with van der Waals surface area (Å²) in [6, 6.07) is 0. The lowest BCUT2D eigenvalue weighted by atomic mass is 10.4. The Labute approximate surface area is 79.2 Å². The molecule has 1 fully saturated rings. The molecule has 0 saturated carbocycles. The average molecular weight is 173 g/mol. The topological polar surface area (TPSA) is 3.24 Å². The summed E-state index contributed by atoms with van der Waals surface area (Å²) in [6.45, 7) is 11.0. The Kier molecular flexibility index (Phi) is 16.3. The molecule has 1 rings (SSSR count). The van der Waals surface area contributed by atoms with E-state index in [1.165, 1.54) is 38.8 Å². The summed E-state index contributed by atoms with van der Waals surface area (Å²) < 4.78 is 0. The van der Waals surface area contributed by atoms with Crippen LogP contribution in [-0.2, 0) is 0 Å². The second-order valence-corrected chi connectivity index (χ2v) is 3.01. The van der Waals surface area contributed by atoms with E-state index in [-0.39, 0.29) is 0 Å². The largest absolute Gasteiger partial charge is 0.306 e. The van der Waals surface area contributed by atoms with E-state index in [0.29, 0.717) is 0 Å². The van der Waals surface area contributed by atoms with Gasteiger partial charge in [0.15, 0.2) is 0 Å². The second kappa shape index (κ2) is 13.5. The summed E-state index contributed by atoms with van der Waals surface area (Å²) in [5, 5.41) is 0. The standard InChI is InChI=1S/C5H11N.C4H10.C2H6/c1-6-4-2-3-5-6;1-3-4-2;1-2/h2-5H2,1H3;3-4H2,1-2H3;1-2H3. The van der Waals surface area contributed by atoms with Crippen molar-refractivity contribution in [3.63, 3.8) is 0 Å². The molecule has 76 valence electrons. The summed E-state index contributed by atoms with van der Waals surface area (Å²) in [4.78, 5) is 2.36. The van der Waals surface area contributed by atoms with Crippen LogP contribution in [0.15, 0.2) is 0 Å². The molecule has 0 aromatic heterocycles. The predicted octanol–water partition coefficient (Wildman–Crippen LogP) is 3.54. The van der Waals surface area contributed by atoms with Crippen molar-refractivity contribution in [3.05, 3.63) is 0 Å². The van der Waals surface area contributed by atoms with Crippen molar-refractivity contribution in [2.45, 2.75) is 53.4 Å². The van der Waals surface area contributed by atoms with Gasteiger partial charge in [-0.2, -0.15) is 0 Å². The third-order valence-corrected chi connectivity index (χ3v) is 1.83. The first kappa shape index (κ1) is 14.5. The van der Waals surface area contributed by atoms with Crippen molar-refractivity contribution in [1.82, 2.24) is 4.90 Å². The van der Waals surface area contributed by atoms with Gasteiger partial charge in [0.25, 0.3) is 0 Å². The van der Waals surface area contributed by atoms with Gasteiger partial charge in [-0.05, 0) is 33.0 Å². The predicted molar refractivity (Wildman–Crippen MR) is 58.7 cm³/mol. The number of unbranched alkanes of at least 4 members (excludes halogenated alkanes) is 1. The van der Waals surface area contributed by atoms with Crippen LogP contribution in [-0.4, -0.2) is 25.0 Å². The van der Waals surface area contributed by atoms with E-state index in [1.54, 1.807) is 0 Å². The van der Waals surface area contributed by atoms with E-state index in [2.05, 4.69) is 25.8 Å². The molecule has 12 heavy (non-hydrogen) atoms. The first-order valence-corrected chi connectivity index (χ1v) is 5.49. The van der Waals surface area contributed by atoms with Gasteiger partial charge in [0.05, 0.1) is 0 Å². The third-order valence-electron chi connectivity index (χ3n) is 1.83. The summed E-state index contributed by atoms with van der Waals surface area (Å²) in [6.07, 6.45) is 5.47. The number of likely N-dealkylation sites (tertiary alicyclic amines) is 1. The Morgan fingerprint density at radius 2 is 1.25 bits per heavy atom. The van der Waals surface area contributed by atoms with Crippen LogP contribution in [0, 0.1) is 0 Å². The zero-order chi connectivity index (χ0) is 9.82. The summed E-state index contributed by atoms with van der Waals surface area (Å²) in [7, 11) is 2.17. The van der Waals surface area contributed by atoms with Crippen molar-refractivity contribution >= 4 is 0 Å². The van der Waals surface area contributed by atoms with Crippen LogP contribution in [0.2, 0.25) is 0 Å². The van der Waals surface area contributed by atoms with E-state index < -0.39 is 0 Å². The van der Waals surface area contributed by atoms with Crippen LogP contribution in [0.4, 0.5) is 0 Å². The maximum atomic E-state index is 2.36. The normalized spacial score (nSPS) is 15.8. The fourth-order valence-corrected chi connectivity index (χ4v) is 0.875. The molecular formula is C11H27N. The Bertz CT molecular complexity index is 54.0. The molecule has 1 heteroatoms. The Morgan fingerprint density at radius 1 is 0.917 bits per heavy atom. The highest BCUT2D eigenvalue weighted by molar-refractivity contribution is 4.59. The van der Waals surface area contributed by atoms with E-state index in [0.717, 1.165) is 0 Å². The molecule has 0 atom stereocenters. The summed E-state index contributed by atoms with van der Waals surface area (Å²) in [5.41, 5.74) is 0. The van der Waals surface area contributed by atoms with Crippen LogP contribution >= 0.6 is 0 Å². The monoisotopic (exact) mass is 173 g/mol. The molecule has 1 saturated heterocycles. The van der Waals surface area contributed by atoms with Crippen molar-refractivity contribution in [3.8, 4) is 0 Å². The first-order valence-electron chi connectivity index (χ1n) is 5.49. The SMILES string of the molecule is CC.CCCC.CN1CCCC1. The number of rotatable bonds is 1. The number of hydrogen-bond acceptors (Lipinski definition) is 1. The van der Waals surface area contributed by atoms with Crippen molar-refractivity contribution in [2.75, 3.05) is 20.1 Å². The zero-order valence-corrected chi connectivity index (χ0v) is 9.69. The lowest BCUT2D eigenvalue weighted by Gasteiger charge is -2.01. The molecular weight excluding hydrogens is 146 g/mol. The Hall–Kier alpha value is -0.0400. The molecule has 0 spiro atoms. The minimum absolute atomic E-state index is 1.32. The summed E-state index contributed by atoms with van der Waals surface area (Å²) in [5.74, 6) is 0. The molecule has 0 unspecified atom stereocenters. The highest BCUT2D eigenvalue weighted by Crippen LogP contribution is 2.02. The van der Waals surface area contributed by atoms with Crippen LogP contribution < -0.4 is 0 Å². The molecule has 0 aromatic rings. The van der Waals surface area contributed by atoms with Gasteiger partial charge in [-0.3, -0.25) is 0 Å². The van der Waals surface area contributed by atoms with Gasteiger partial charge >= 0.3 is 0 Å². The van der Waals surface area contributed by atoms with Crippen molar-refractivity contribution in [2.24, 2.45) is 0 Å². The highest BCUT2D eigenvalue weighted by Gasteiger charge is 2.03. The average Bonchev–Trinajstić information content (AvgIpc) is 2.60. The Balaban J connectivity index is 0. The lowest BCUT2D eigenvalue weighted by Crippen LogP contribution is -2.10. The van der Waals surface area contributed by atoms with E-state index in [4.69, 9.17) is 0 Å². The van der Waals surface area contributed by atoms with Gasteiger partial charge in [-0.15, -0.1) is 0 Å². The van der Waals surface area contributed by atoms with Crippen LogP contribution in [0.1, 0.15) is 53.4 Å². The molecule has 1 aliphatic rings. The second-order valence-electron chi connectivity index (χ2n) is 3.01. The van der Waals surface area contributed by atoms with Crippen LogP contribution in [0.3, 0.4) is 0 Å². The molecule has 0 aliphatic carbocycles.